The zero-order valence-corrected chi connectivity index (χ0v) is 17.6. The number of carbonyl (C=O) groups is 1. The molecule has 5 nitrogen and oxygen atoms in total. The fourth-order valence-corrected chi connectivity index (χ4v) is 5.84. The zero-order chi connectivity index (χ0) is 19.4. The summed E-state index contributed by atoms with van der Waals surface area (Å²) in [5, 5.41) is 8.66. The van der Waals surface area contributed by atoms with E-state index in [0.29, 0.717) is 41.5 Å². The Bertz CT molecular complexity index is 791. The minimum Gasteiger partial charge on any atom is -0.481 e. The molecule has 1 aromatic carbocycles. The SMILES string of the molecule is O=C(O)CCC/C=C\[C@@H]1C[C@@H]2C[C@H]1C[C@@H]2CNS(=O)(=O)c1ccc(Br)cc1. The second-order valence-electron chi connectivity index (χ2n) is 7.67. The minimum absolute atomic E-state index is 0.224. The van der Waals surface area contributed by atoms with Gasteiger partial charge in [-0.15, -0.1) is 0 Å². The van der Waals surface area contributed by atoms with E-state index in [-0.39, 0.29) is 6.42 Å². The number of unbranched alkanes of at least 4 members (excludes halogenated alkanes) is 1. The Kier molecular flexibility index (Phi) is 6.76. The Morgan fingerprint density at radius 1 is 1.19 bits per heavy atom. The lowest BCUT2D eigenvalue weighted by Crippen LogP contribution is -2.32. The van der Waals surface area contributed by atoms with Crippen molar-refractivity contribution in [2.45, 2.75) is 43.4 Å². The summed E-state index contributed by atoms with van der Waals surface area (Å²) in [5.74, 6) is 1.46. The highest BCUT2D eigenvalue weighted by molar-refractivity contribution is 9.10. The Labute approximate surface area is 169 Å². The van der Waals surface area contributed by atoms with Gasteiger partial charge in [0.1, 0.15) is 0 Å². The molecule has 0 heterocycles. The third-order valence-corrected chi connectivity index (χ3v) is 7.83. The van der Waals surface area contributed by atoms with Gasteiger partial charge in [-0.1, -0.05) is 28.1 Å². The van der Waals surface area contributed by atoms with Crippen LogP contribution in [0.4, 0.5) is 0 Å². The number of sulfonamides is 1. The van der Waals surface area contributed by atoms with Crippen molar-refractivity contribution in [1.82, 2.24) is 4.72 Å². The molecule has 4 atom stereocenters. The van der Waals surface area contributed by atoms with Gasteiger partial charge >= 0.3 is 5.97 Å². The number of halogens is 1. The predicted molar refractivity (Wildman–Crippen MR) is 108 cm³/mol. The maximum absolute atomic E-state index is 12.4. The second kappa shape index (κ2) is 8.88. The molecular formula is C20H26BrNO4S. The number of rotatable bonds is 9. The average Bonchev–Trinajstić information content (AvgIpc) is 3.20. The van der Waals surface area contributed by atoms with E-state index in [2.05, 4.69) is 32.8 Å². The Morgan fingerprint density at radius 3 is 2.56 bits per heavy atom. The van der Waals surface area contributed by atoms with Gasteiger partial charge in [-0.2, -0.15) is 0 Å². The Morgan fingerprint density at radius 2 is 1.93 bits per heavy atom. The van der Waals surface area contributed by atoms with Gasteiger partial charge in [-0.3, -0.25) is 4.79 Å². The molecule has 27 heavy (non-hydrogen) atoms. The van der Waals surface area contributed by atoms with E-state index in [9.17, 15) is 13.2 Å². The van der Waals surface area contributed by atoms with Crippen LogP contribution in [0.1, 0.15) is 38.5 Å². The number of allylic oxidation sites excluding steroid dienone is 2. The molecule has 2 aliphatic rings. The van der Waals surface area contributed by atoms with Crippen LogP contribution in [0.3, 0.4) is 0 Å². The van der Waals surface area contributed by atoms with Gasteiger partial charge in [0.05, 0.1) is 4.90 Å². The van der Waals surface area contributed by atoms with Crippen molar-refractivity contribution in [1.29, 1.82) is 0 Å². The number of carboxylic acid groups (broad SMARTS) is 1. The number of carboxylic acids is 1. The van der Waals surface area contributed by atoms with E-state index in [1.54, 1.807) is 24.3 Å². The van der Waals surface area contributed by atoms with Gasteiger partial charge in [-0.05, 0) is 80.0 Å². The van der Waals surface area contributed by atoms with Crippen molar-refractivity contribution < 1.29 is 18.3 Å². The average molecular weight is 456 g/mol. The summed E-state index contributed by atoms with van der Waals surface area (Å²) in [6, 6.07) is 6.69. The van der Waals surface area contributed by atoms with Crippen LogP contribution in [0.15, 0.2) is 45.8 Å². The maximum Gasteiger partial charge on any atom is 0.303 e. The fraction of sp³-hybridized carbons (Fsp3) is 0.550. The first kappa shape index (κ1) is 20.6. The van der Waals surface area contributed by atoms with Crippen molar-refractivity contribution in [2.75, 3.05) is 6.54 Å². The normalized spacial score (nSPS) is 27.4. The number of fused-ring (bicyclic) bond motifs is 2. The van der Waals surface area contributed by atoms with Crippen LogP contribution in [0.5, 0.6) is 0 Å². The maximum atomic E-state index is 12.4. The molecular weight excluding hydrogens is 430 g/mol. The molecule has 2 fully saturated rings. The highest BCUT2D eigenvalue weighted by atomic mass is 79.9. The fourth-order valence-electron chi connectivity index (χ4n) is 4.48. The minimum atomic E-state index is -3.46. The molecule has 1 aromatic rings. The van der Waals surface area contributed by atoms with E-state index < -0.39 is 16.0 Å². The predicted octanol–water partition coefficient (Wildman–Crippen LogP) is 4.20. The zero-order valence-electron chi connectivity index (χ0n) is 15.2. The van der Waals surface area contributed by atoms with Gasteiger partial charge in [0, 0.05) is 17.4 Å². The van der Waals surface area contributed by atoms with Crippen LogP contribution >= 0.6 is 15.9 Å². The van der Waals surface area contributed by atoms with Gasteiger partial charge < -0.3 is 5.11 Å². The van der Waals surface area contributed by atoms with Crippen LogP contribution in [-0.4, -0.2) is 26.0 Å². The van der Waals surface area contributed by atoms with Crippen LogP contribution in [0, 0.1) is 23.7 Å². The monoisotopic (exact) mass is 455 g/mol. The molecule has 2 N–H and O–H groups in total. The van der Waals surface area contributed by atoms with Crippen molar-refractivity contribution in [2.24, 2.45) is 23.7 Å². The molecule has 2 bridgehead atoms. The van der Waals surface area contributed by atoms with Crippen LogP contribution in [0.25, 0.3) is 0 Å². The molecule has 0 spiro atoms. The van der Waals surface area contributed by atoms with Crippen molar-refractivity contribution in [3.63, 3.8) is 0 Å². The van der Waals surface area contributed by atoms with Crippen molar-refractivity contribution in [3.8, 4) is 0 Å². The lowest BCUT2D eigenvalue weighted by molar-refractivity contribution is -0.137. The van der Waals surface area contributed by atoms with Gasteiger partial charge in [0.15, 0.2) is 0 Å². The number of aliphatic carboxylic acids is 1. The van der Waals surface area contributed by atoms with E-state index in [0.717, 1.165) is 23.7 Å². The summed E-state index contributed by atoms with van der Waals surface area (Å²) in [4.78, 5) is 10.8. The Balaban J connectivity index is 1.45. The second-order valence-corrected chi connectivity index (χ2v) is 10.4. The summed E-state index contributed by atoms with van der Waals surface area (Å²) >= 11 is 3.32. The standard InChI is InChI=1S/C20H26BrNO4S/c21-18-6-8-19(9-7-18)27(25,26)22-13-17-12-15-11-16(17)10-14(15)4-2-1-3-5-20(23)24/h2,4,6-9,14-17,22H,1,3,5,10-13H2,(H,23,24)/b4-2-/t14-,15+,16-,17-/m1/s1. The topological polar surface area (TPSA) is 83.5 Å². The Hall–Kier alpha value is -1.18. The lowest BCUT2D eigenvalue weighted by Gasteiger charge is -2.26. The summed E-state index contributed by atoms with van der Waals surface area (Å²) in [7, 11) is -3.46. The first-order valence-electron chi connectivity index (χ1n) is 9.49. The summed E-state index contributed by atoms with van der Waals surface area (Å²) < 4.78 is 28.5. The van der Waals surface area contributed by atoms with E-state index in [1.165, 1.54) is 6.42 Å². The molecule has 7 heteroatoms. The highest BCUT2D eigenvalue weighted by Crippen LogP contribution is 2.52. The molecule has 148 valence electrons. The molecule has 2 saturated carbocycles. The quantitative estimate of drug-likeness (QED) is 0.431. The lowest BCUT2D eigenvalue weighted by atomic mass is 9.82. The number of hydrogen-bond donors (Lipinski definition) is 2. The molecule has 0 unspecified atom stereocenters. The third-order valence-electron chi connectivity index (χ3n) is 5.86. The van der Waals surface area contributed by atoms with Crippen molar-refractivity contribution in [3.05, 3.63) is 40.9 Å². The van der Waals surface area contributed by atoms with Gasteiger partial charge in [0.2, 0.25) is 10.0 Å². The largest absolute Gasteiger partial charge is 0.481 e. The van der Waals surface area contributed by atoms with E-state index >= 15 is 0 Å². The molecule has 2 aliphatic carbocycles. The van der Waals surface area contributed by atoms with Gasteiger partial charge in [0.25, 0.3) is 0 Å². The molecule has 0 aliphatic heterocycles. The van der Waals surface area contributed by atoms with Crippen LogP contribution in [0.2, 0.25) is 0 Å². The molecule has 0 radical (unpaired) electrons. The number of nitrogens with one attached hydrogen (secondary N) is 1. The summed E-state index contributed by atoms with van der Waals surface area (Å²) in [5.41, 5.74) is 0. The van der Waals surface area contributed by atoms with Crippen LogP contribution < -0.4 is 4.72 Å². The molecule has 3 rings (SSSR count). The first-order valence-corrected chi connectivity index (χ1v) is 11.8. The number of benzene rings is 1. The third kappa shape index (κ3) is 5.42. The van der Waals surface area contributed by atoms with Crippen LogP contribution in [-0.2, 0) is 14.8 Å². The van der Waals surface area contributed by atoms with E-state index in [1.807, 2.05) is 0 Å². The summed E-state index contributed by atoms with van der Waals surface area (Å²) in [6.07, 6.45) is 9.47. The van der Waals surface area contributed by atoms with Crippen molar-refractivity contribution >= 4 is 31.9 Å². The smallest absolute Gasteiger partial charge is 0.303 e. The highest BCUT2D eigenvalue weighted by Gasteiger charge is 2.44. The summed E-state index contributed by atoms with van der Waals surface area (Å²) in [6.45, 7) is 0.509. The van der Waals surface area contributed by atoms with Gasteiger partial charge in [-0.25, -0.2) is 13.1 Å². The number of hydrogen-bond acceptors (Lipinski definition) is 3. The molecule has 0 amide bonds. The van der Waals surface area contributed by atoms with E-state index in [4.69, 9.17) is 5.11 Å². The first-order chi connectivity index (χ1) is 12.8. The molecule has 0 aromatic heterocycles. The molecule has 0 saturated heterocycles.